The summed E-state index contributed by atoms with van der Waals surface area (Å²) in [5.41, 5.74) is 2.89. The molecule has 1 unspecified atom stereocenters. The fourth-order valence-corrected chi connectivity index (χ4v) is 3.23. The molecule has 4 aromatic rings. The summed E-state index contributed by atoms with van der Waals surface area (Å²) < 4.78 is 16.7. The minimum absolute atomic E-state index is 0.129. The highest BCUT2D eigenvalue weighted by molar-refractivity contribution is 7.99. The van der Waals surface area contributed by atoms with E-state index >= 15 is 0 Å². The Labute approximate surface area is 166 Å². The van der Waals surface area contributed by atoms with E-state index in [2.05, 4.69) is 20.4 Å². The molecule has 0 bridgehead atoms. The molecular weight excluding hydrogens is 376 g/mol. The van der Waals surface area contributed by atoms with E-state index in [1.54, 1.807) is 7.11 Å². The van der Waals surface area contributed by atoms with Crippen molar-refractivity contribution in [2.45, 2.75) is 24.3 Å². The number of hydrogen-bond donors (Lipinski definition) is 0. The number of benzene rings is 2. The van der Waals surface area contributed by atoms with Gasteiger partial charge in [-0.15, -0.1) is 20.4 Å². The maximum atomic E-state index is 5.81. The molecule has 0 N–H and O–H groups in total. The van der Waals surface area contributed by atoms with E-state index in [9.17, 15) is 0 Å². The van der Waals surface area contributed by atoms with Gasteiger partial charge in [-0.3, -0.25) is 0 Å². The number of nitrogens with zero attached hydrogens (tertiary/aromatic N) is 4. The summed E-state index contributed by atoms with van der Waals surface area (Å²) in [6, 6.07) is 15.4. The Morgan fingerprint density at radius 3 is 2.11 bits per heavy atom. The van der Waals surface area contributed by atoms with E-state index in [4.69, 9.17) is 13.6 Å². The Kier molecular flexibility index (Phi) is 5.12. The summed E-state index contributed by atoms with van der Waals surface area (Å²) in [7, 11) is 1.62. The van der Waals surface area contributed by atoms with Crippen LogP contribution in [0.2, 0.25) is 0 Å². The minimum Gasteiger partial charge on any atom is -0.497 e. The summed E-state index contributed by atoms with van der Waals surface area (Å²) >= 11 is 1.37. The van der Waals surface area contributed by atoms with E-state index in [1.807, 2.05) is 62.4 Å². The molecule has 7 nitrogen and oxygen atoms in total. The monoisotopic (exact) mass is 394 g/mol. The first kappa shape index (κ1) is 18.2. The lowest BCUT2D eigenvalue weighted by molar-refractivity contribution is 0.414. The zero-order chi connectivity index (χ0) is 19.5. The molecule has 0 aliphatic rings. The number of methoxy groups -OCH3 is 1. The van der Waals surface area contributed by atoms with Crippen LogP contribution < -0.4 is 4.74 Å². The molecule has 8 heteroatoms. The fraction of sp³-hybridized carbons (Fsp3) is 0.200. The molecule has 2 aromatic carbocycles. The summed E-state index contributed by atoms with van der Waals surface area (Å²) in [6.07, 6.45) is 0. The average Bonchev–Trinajstić information content (AvgIpc) is 3.39. The molecule has 0 fully saturated rings. The quantitative estimate of drug-likeness (QED) is 0.424. The van der Waals surface area contributed by atoms with Gasteiger partial charge in [-0.05, 0) is 50.2 Å². The van der Waals surface area contributed by atoms with Gasteiger partial charge in [0.2, 0.25) is 17.7 Å². The zero-order valence-corrected chi connectivity index (χ0v) is 16.4. The molecule has 142 valence electrons. The van der Waals surface area contributed by atoms with Gasteiger partial charge < -0.3 is 13.6 Å². The second-order valence-corrected chi connectivity index (χ2v) is 7.47. The van der Waals surface area contributed by atoms with Crippen LogP contribution in [0.3, 0.4) is 0 Å². The smallest absolute Gasteiger partial charge is 0.277 e. The fourth-order valence-electron chi connectivity index (χ4n) is 2.52. The second-order valence-electron chi connectivity index (χ2n) is 6.17. The lowest BCUT2D eigenvalue weighted by Gasteiger charge is -2.02. The van der Waals surface area contributed by atoms with Crippen LogP contribution in [-0.4, -0.2) is 27.5 Å². The van der Waals surface area contributed by atoms with Crippen LogP contribution in [0.15, 0.2) is 62.6 Å². The SMILES string of the molecule is COc1ccc(-c2nnc(SC(C)c3nnc(-c4ccc(C)cc4)o3)o2)cc1. The van der Waals surface area contributed by atoms with E-state index < -0.39 is 0 Å². The Morgan fingerprint density at radius 1 is 0.821 bits per heavy atom. The van der Waals surface area contributed by atoms with Gasteiger partial charge in [-0.2, -0.15) is 0 Å². The zero-order valence-electron chi connectivity index (χ0n) is 15.6. The first-order valence-corrected chi connectivity index (χ1v) is 9.55. The predicted octanol–water partition coefficient (Wildman–Crippen LogP) is 4.96. The number of hydrogen-bond acceptors (Lipinski definition) is 8. The first-order chi connectivity index (χ1) is 13.6. The Bertz CT molecular complexity index is 1060. The van der Waals surface area contributed by atoms with Gasteiger partial charge in [0.15, 0.2) is 0 Å². The number of ether oxygens (including phenoxy) is 1. The molecule has 2 heterocycles. The van der Waals surface area contributed by atoms with Gasteiger partial charge >= 0.3 is 0 Å². The van der Waals surface area contributed by atoms with Crippen LogP contribution >= 0.6 is 11.8 Å². The molecule has 0 aliphatic heterocycles. The molecule has 0 amide bonds. The number of rotatable bonds is 6. The Hall–Kier alpha value is -3.13. The van der Waals surface area contributed by atoms with Crippen molar-refractivity contribution >= 4 is 11.8 Å². The summed E-state index contributed by atoms with van der Waals surface area (Å²) in [4.78, 5) is 0. The van der Waals surface area contributed by atoms with Crippen molar-refractivity contribution in [1.29, 1.82) is 0 Å². The molecule has 0 aliphatic carbocycles. The third kappa shape index (κ3) is 3.91. The predicted molar refractivity (Wildman–Crippen MR) is 105 cm³/mol. The third-order valence-corrected chi connectivity index (χ3v) is 5.03. The van der Waals surface area contributed by atoms with Gasteiger partial charge in [0, 0.05) is 11.1 Å². The minimum atomic E-state index is -0.129. The molecule has 0 radical (unpaired) electrons. The second kappa shape index (κ2) is 7.85. The van der Waals surface area contributed by atoms with Crippen molar-refractivity contribution < 1.29 is 13.6 Å². The first-order valence-electron chi connectivity index (χ1n) is 8.67. The Morgan fingerprint density at radius 2 is 1.43 bits per heavy atom. The van der Waals surface area contributed by atoms with Crippen LogP contribution in [0.25, 0.3) is 22.9 Å². The summed E-state index contributed by atoms with van der Waals surface area (Å²) in [5.74, 6) is 2.21. The standard InChI is InChI=1S/C20H18N4O3S/c1-12-4-6-14(7-5-12)18-22-21-17(26-18)13(2)28-20-24-23-19(27-20)15-8-10-16(25-3)11-9-15/h4-11,13H,1-3H3. The molecule has 0 saturated heterocycles. The molecule has 0 saturated carbocycles. The highest BCUT2D eigenvalue weighted by Gasteiger charge is 2.20. The lowest BCUT2D eigenvalue weighted by Crippen LogP contribution is -1.88. The molecular formula is C20H18N4O3S. The van der Waals surface area contributed by atoms with Gasteiger partial charge in [-0.25, -0.2) is 0 Å². The van der Waals surface area contributed by atoms with E-state index in [1.165, 1.54) is 17.3 Å². The van der Waals surface area contributed by atoms with Crippen molar-refractivity contribution in [2.75, 3.05) is 7.11 Å². The molecule has 0 spiro atoms. The maximum absolute atomic E-state index is 5.81. The van der Waals surface area contributed by atoms with E-state index in [0.717, 1.165) is 16.9 Å². The average molecular weight is 394 g/mol. The van der Waals surface area contributed by atoms with Crippen LogP contribution in [0.4, 0.5) is 0 Å². The largest absolute Gasteiger partial charge is 0.497 e. The van der Waals surface area contributed by atoms with Crippen molar-refractivity contribution in [2.24, 2.45) is 0 Å². The highest BCUT2D eigenvalue weighted by atomic mass is 32.2. The van der Waals surface area contributed by atoms with Gasteiger partial charge in [-0.1, -0.05) is 29.5 Å². The topological polar surface area (TPSA) is 87.1 Å². The van der Waals surface area contributed by atoms with Crippen molar-refractivity contribution in [3.63, 3.8) is 0 Å². The van der Waals surface area contributed by atoms with Crippen LogP contribution in [0, 0.1) is 6.92 Å². The molecule has 1 atom stereocenters. The third-order valence-electron chi connectivity index (χ3n) is 4.11. The van der Waals surface area contributed by atoms with E-state index in [-0.39, 0.29) is 5.25 Å². The highest BCUT2D eigenvalue weighted by Crippen LogP contribution is 2.35. The van der Waals surface area contributed by atoms with Crippen LogP contribution in [-0.2, 0) is 0 Å². The molecule has 4 rings (SSSR count). The summed E-state index contributed by atoms with van der Waals surface area (Å²) in [5, 5.41) is 16.8. The molecule has 2 aromatic heterocycles. The maximum Gasteiger partial charge on any atom is 0.277 e. The van der Waals surface area contributed by atoms with Crippen LogP contribution in [0.1, 0.15) is 23.6 Å². The van der Waals surface area contributed by atoms with Crippen molar-refractivity contribution in [1.82, 2.24) is 20.4 Å². The van der Waals surface area contributed by atoms with E-state index in [0.29, 0.717) is 22.9 Å². The number of aryl methyl sites for hydroxylation is 1. The lowest BCUT2D eigenvalue weighted by atomic mass is 10.1. The van der Waals surface area contributed by atoms with Crippen molar-refractivity contribution in [3.8, 4) is 28.7 Å². The van der Waals surface area contributed by atoms with Gasteiger partial charge in [0.25, 0.3) is 5.22 Å². The van der Waals surface area contributed by atoms with Gasteiger partial charge in [0.05, 0.1) is 12.4 Å². The number of aromatic nitrogens is 4. The van der Waals surface area contributed by atoms with Crippen molar-refractivity contribution in [3.05, 3.63) is 60.0 Å². The van der Waals surface area contributed by atoms with Crippen LogP contribution in [0.5, 0.6) is 5.75 Å². The normalized spacial score (nSPS) is 12.1. The van der Waals surface area contributed by atoms with Gasteiger partial charge in [0.1, 0.15) is 5.75 Å². The number of thioether (sulfide) groups is 1. The summed E-state index contributed by atoms with van der Waals surface area (Å²) in [6.45, 7) is 3.99. The molecule has 28 heavy (non-hydrogen) atoms. The Balaban J connectivity index is 1.46.